The number of hydrogen-bond donors (Lipinski definition) is 2. The summed E-state index contributed by atoms with van der Waals surface area (Å²) in [5, 5.41) is 19.2. The van der Waals surface area contributed by atoms with Crippen molar-refractivity contribution in [2.75, 3.05) is 39.6 Å². The second-order valence-corrected chi connectivity index (χ2v) is 28.9. The van der Waals surface area contributed by atoms with Gasteiger partial charge in [-0.2, -0.15) is 26.3 Å². The fourth-order valence-electron chi connectivity index (χ4n) is 5.54. The Hall–Kier alpha value is -1.39. The highest BCUT2D eigenvalue weighted by Crippen LogP contribution is 2.39. The Morgan fingerprint density at radius 2 is 0.918 bits per heavy atom. The molecular formula is C32H52F6O7Si4. The number of hydrogen-bond acceptors (Lipinski definition) is 7. The molecule has 2 rings (SSSR count). The number of halogens is 6. The second-order valence-electron chi connectivity index (χ2n) is 13.2. The standard InChI is InChI=1S/C32H52F6O7Si4/c1-46(2,25-11-21-41-23-19-39)43-48(27-17-31(33,34)35,28-18-32(36,37)38)45-49(29-13-7-5-8-14-29,30-15-9-6-10-16-30)44-47(3,4)26-12-22-42-24-20-40/h5-10,13-16,39-40H,11-12,17-28H2,1-4H3. The molecule has 0 bridgehead atoms. The van der Waals surface area contributed by atoms with E-state index >= 15 is 0 Å². The first-order valence-corrected chi connectivity index (χ1v) is 26.9. The van der Waals surface area contributed by atoms with Crippen LogP contribution in [0.5, 0.6) is 0 Å². The van der Waals surface area contributed by atoms with Crippen molar-refractivity contribution in [2.24, 2.45) is 0 Å². The summed E-state index contributed by atoms with van der Waals surface area (Å²) in [6.07, 6.45) is -11.0. The minimum absolute atomic E-state index is 0.120. The van der Waals surface area contributed by atoms with Gasteiger partial charge in [0.2, 0.25) is 0 Å². The molecule has 2 aromatic carbocycles. The molecule has 280 valence electrons. The van der Waals surface area contributed by atoms with Gasteiger partial charge in [0.1, 0.15) is 0 Å². The monoisotopic (exact) mass is 774 g/mol. The number of ether oxygens (including phenoxy) is 2. The van der Waals surface area contributed by atoms with E-state index in [9.17, 15) is 26.3 Å². The van der Waals surface area contributed by atoms with Crippen LogP contribution in [0.25, 0.3) is 0 Å². The van der Waals surface area contributed by atoms with E-state index in [1.165, 1.54) is 0 Å². The van der Waals surface area contributed by atoms with Gasteiger partial charge in [0.15, 0.2) is 16.6 Å². The zero-order valence-corrected chi connectivity index (χ0v) is 32.9. The van der Waals surface area contributed by atoms with E-state index in [4.69, 9.17) is 32.0 Å². The summed E-state index contributed by atoms with van der Waals surface area (Å²) in [4.78, 5) is 0. The van der Waals surface area contributed by atoms with Crippen molar-refractivity contribution in [2.45, 2.75) is 88.4 Å². The Labute approximate surface area is 290 Å². The summed E-state index contributed by atoms with van der Waals surface area (Å²) in [7, 11) is -14.3. The molecule has 2 aromatic rings. The number of alkyl halides is 6. The van der Waals surface area contributed by atoms with E-state index in [1.807, 2.05) is 13.1 Å². The summed E-state index contributed by atoms with van der Waals surface area (Å²) >= 11 is 0. The lowest BCUT2D eigenvalue weighted by Gasteiger charge is -2.47. The van der Waals surface area contributed by atoms with Gasteiger partial charge in [-0.25, -0.2) is 0 Å². The van der Waals surface area contributed by atoms with E-state index in [-0.39, 0.29) is 33.0 Å². The lowest BCUT2D eigenvalue weighted by atomic mass is 10.4. The third-order valence-electron chi connectivity index (χ3n) is 7.70. The van der Waals surface area contributed by atoms with Crippen LogP contribution in [0.2, 0.25) is 50.4 Å². The van der Waals surface area contributed by atoms with Gasteiger partial charge in [0, 0.05) is 26.1 Å². The predicted molar refractivity (Wildman–Crippen MR) is 187 cm³/mol. The average Bonchev–Trinajstić information content (AvgIpc) is 3.02. The average molecular weight is 775 g/mol. The van der Waals surface area contributed by atoms with Crippen LogP contribution in [-0.2, 0) is 21.8 Å². The Morgan fingerprint density at radius 3 is 1.29 bits per heavy atom. The molecule has 7 nitrogen and oxygen atoms in total. The second kappa shape index (κ2) is 20.0. The molecule has 0 unspecified atom stereocenters. The van der Waals surface area contributed by atoms with Crippen LogP contribution in [0.15, 0.2) is 60.7 Å². The molecule has 0 heterocycles. The fourth-order valence-corrected chi connectivity index (χ4v) is 25.4. The number of benzene rings is 2. The van der Waals surface area contributed by atoms with E-state index in [0.717, 1.165) is 0 Å². The lowest BCUT2D eigenvalue weighted by molar-refractivity contribution is -0.133. The van der Waals surface area contributed by atoms with Gasteiger partial charge >= 0.3 is 29.5 Å². The van der Waals surface area contributed by atoms with Crippen molar-refractivity contribution < 1.29 is 58.4 Å². The van der Waals surface area contributed by atoms with Crippen LogP contribution in [0, 0.1) is 0 Å². The third kappa shape index (κ3) is 16.7. The molecular weight excluding hydrogens is 723 g/mol. The van der Waals surface area contributed by atoms with E-state index in [0.29, 0.717) is 41.9 Å². The molecule has 0 atom stereocenters. The maximum Gasteiger partial charge on any atom is 0.389 e. The molecule has 17 heteroatoms. The third-order valence-corrected chi connectivity index (χ3v) is 24.7. The quantitative estimate of drug-likeness (QED) is 0.0686. The first-order valence-electron chi connectivity index (χ1n) is 16.6. The zero-order chi connectivity index (χ0) is 36.7. The molecule has 0 amide bonds. The zero-order valence-electron chi connectivity index (χ0n) is 28.9. The minimum atomic E-state index is -4.67. The van der Waals surface area contributed by atoms with Crippen molar-refractivity contribution in [3.05, 3.63) is 60.7 Å². The van der Waals surface area contributed by atoms with Crippen LogP contribution in [0.1, 0.15) is 25.7 Å². The van der Waals surface area contributed by atoms with Gasteiger partial charge in [0.25, 0.3) is 0 Å². The van der Waals surface area contributed by atoms with Gasteiger partial charge in [0.05, 0.1) is 26.4 Å². The highest BCUT2D eigenvalue weighted by molar-refractivity contribution is 7.02. The molecule has 0 aliphatic heterocycles. The molecule has 0 aromatic heterocycles. The van der Waals surface area contributed by atoms with Crippen LogP contribution >= 0.6 is 0 Å². The van der Waals surface area contributed by atoms with Gasteiger partial charge in [-0.05, 0) is 73.6 Å². The largest absolute Gasteiger partial charge is 0.436 e. The van der Waals surface area contributed by atoms with Crippen LogP contribution in [0.3, 0.4) is 0 Å². The minimum Gasteiger partial charge on any atom is -0.436 e. The maximum atomic E-state index is 14.0. The molecule has 0 saturated carbocycles. The Bertz CT molecular complexity index is 1130. The van der Waals surface area contributed by atoms with Gasteiger partial charge in [-0.15, -0.1) is 0 Å². The summed E-state index contributed by atoms with van der Waals surface area (Å²) in [5.41, 5.74) is 0. The maximum absolute atomic E-state index is 14.0. The topological polar surface area (TPSA) is 86.6 Å². The molecule has 0 saturated heterocycles. The summed E-state index contributed by atoms with van der Waals surface area (Å²) in [5.74, 6) is 0. The molecule has 0 aliphatic carbocycles. The van der Waals surface area contributed by atoms with Gasteiger partial charge < -0.3 is 32.0 Å². The summed E-state index contributed by atoms with van der Waals surface area (Å²) in [6, 6.07) is 17.1. The SMILES string of the molecule is C[Si](C)(CCCOCCO)O[Si](CCC(F)(F)F)(CCC(F)(F)F)O[Si](O[Si](C)(C)CCCOCCO)(c1ccccc1)c1ccccc1. The van der Waals surface area contributed by atoms with Gasteiger partial charge in [-0.3, -0.25) is 0 Å². The highest BCUT2D eigenvalue weighted by Gasteiger charge is 2.57. The van der Waals surface area contributed by atoms with Crippen LogP contribution < -0.4 is 10.4 Å². The van der Waals surface area contributed by atoms with E-state index in [2.05, 4.69) is 0 Å². The number of rotatable bonds is 24. The van der Waals surface area contributed by atoms with Crippen molar-refractivity contribution in [1.82, 2.24) is 0 Å². The van der Waals surface area contributed by atoms with Crippen molar-refractivity contribution in [3.8, 4) is 0 Å². The Morgan fingerprint density at radius 1 is 0.531 bits per heavy atom. The summed E-state index contributed by atoms with van der Waals surface area (Å²) < 4.78 is 116. The van der Waals surface area contributed by atoms with Crippen molar-refractivity contribution in [1.29, 1.82) is 0 Å². The van der Waals surface area contributed by atoms with Crippen molar-refractivity contribution in [3.63, 3.8) is 0 Å². The summed E-state index contributed by atoms with van der Waals surface area (Å²) in [6.45, 7) is 8.10. The molecule has 0 radical (unpaired) electrons. The molecule has 2 N–H and O–H groups in total. The number of aliphatic hydroxyl groups excluding tert-OH is 2. The first-order chi connectivity index (χ1) is 22.9. The normalized spacial score (nSPS) is 13.6. The predicted octanol–water partition coefficient (Wildman–Crippen LogP) is 6.85. The van der Waals surface area contributed by atoms with Gasteiger partial charge in [-0.1, -0.05) is 60.7 Å². The molecule has 49 heavy (non-hydrogen) atoms. The Balaban J connectivity index is 2.78. The van der Waals surface area contributed by atoms with Crippen LogP contribution in [0.4, 0.5) is 26.3 Å². The van der Waals surface area contributed by atoms with E-state index < -0.39 is 71.0 Å². The molecule has 0 fully saturated rings. The highest BCUT2D eigenvalue weighted by atomic mass is 28.5. The fraction of sp³-hybridized carbons (Fsp3) is 0.625. The smallest absolute Gasteiger partial charge is 0.389 e. The first kappa shape index (κ1) is 43.8. The lowest BCUT2D eigenvalue weighted by Crippen LogP contribution is -2.72. The van der Waals surface area contributed by atoms with E-state index in [1.54, 1.807) is 73.8 Å². The number of aliphatic hydroxyl groups is 2. The Kier molecular flexibility index (Phi) is 17.9. The van der Waals surface area contributed by atoms with Crippen molar-refractivity contribution >= 4 is 44.1 Å². The molecule has 0 spiro atoms. The molecule has 0 aliphatic rings. The van der Waals surface area contributed by atoms with Crippen LogP contribution in [-0.4, -0.2) is 96.0 Å².